The molecule has 0 atom stereocenters. The zero-order valence-corrected chi connectivity index (χ0v) is 10.6. The Morgan fingerprint density at radius 3 is 1.80 bits per heavy atom. The molecule has 0 amide bonds. The minimum atomic E-state index is 0.274. The van der Waals surface area contributed by atoms with Crippen LogP contribution in [0.1, 0.15) is 61.8 Å². The molecule has 1 aliphatic rings. The molecule has 15 heavy (non-hydrogen) atoms. The molecule has 0 N–H and O–H groups in total. The van der Waals surface area contributed by atoms with Crippen molar-refractivity contribution < 1.29 is 0 Å². The summed E-state index contributed by atoms with van der Waals surface area (Å²) in [5, 5.41) is 0. The zero-order valence-electron chi connectivity index (χ0n) is 10.6. The van der Waals surface area contributed by atoms with Gasteiger partial charge in [-0.15, -0.1) is 0 Å². The van der Waals surface area contributed by atoms with Gasteiger partial charge in [0.05, 0.1) is 0 Å². The zero-order chi connectivity index (χ0) is 11.2. The average Bonchev–Trinajstić information content (AvgIpc) is 2.80. The quantitative estimate of drug-likeness (QED) is 0.630. The summed E-state index contributed by atoms with van der Waals surface area (Å²) < 4.78 is 0. The lowest BCUT2D eigenvalue weighted by atomic mass is 9.80. The van der Waals surface area contributed by atoms with Gasteiger partial charge in [0.25, 0.3) is 0 Å². The Bertz CT molecular complexity index is 353. The third-order valence-electron chi connectivity index (χ3n) is 3.35. The third kappa shape index (κ3) is 2.09. The van der Waals surface area contributed by atoms with E-state index in [0.717, 1.165) is 5.92 Å². The van der Waals surface area contributed by atoms with E-state index in [1.54, 1.807) is 5.56 Å². The molecule has 0 aliphatic heterocycles. The second kappa shape index (κ2) is 3.37. The van der Waals surface area contributed by atoms with E-state index < -0.39 is 0 Å². The first-order chi connectivity index (χ1) is 6.89. The van der Waals surface area contributed by atoms with Gasteiger partial charge in [0.1, 0.15) is 0 Å². The Morgan fingerprint density at radius 2 is 1.47 bits per heavy atom. The van der Waals surface area contributed by atoms with Crippen LogP contribution < -0.4 is 0 Å². The first-order valence-electron chi connectivity index (χ1n) is 6.01. The molecule has 0 nitrogen and oxygen atoms in total. The normalized spacial score (nSPS) is 16.9. The lowest BCUT2D eigenvalue weighted by molar-refractivity contribution is 0.581. The monoisotopic (exact) mass is 202 g/mol. The Morgan fingerprint density at radius 1 is 1.00 bits per heavy atom. The van der Waals surface area contributed by atoms with Crippen LogP contribution in [-0.4, -0.2) is 0 Å². The molecule has 0 radical (unpaired) electrons. The van der Waals surface area contributed by atoms with Gasteiger partial charge in [0.2, 0.25) is 0 Å². The Labute approximate surface area is 93.7 Å². The van der Waals surface area contributed by atoms with Crippen LogP contribution in [0.2, 0.25) is 0 Å². The van der Waals surface area contributed by atoms with E-state index in [-0.39, 0.29) is 5.41 Å². The molecule has 0 aromatic heterocycles. The predicted molar refractivity (Wildman–Crippen MR) is 66.6 cm³/mol. The van der Waals surface area contributed by atoms with Crippen LogP contribution in [0.5, 0.6) is 0 Å². The van der Waals surface area contributed by atoms with Gasteiger partial charge in [-0.2, -0.15) is 0 Å². The highest BCUT2D eigenvalue weighted by atomic mass is 14.3. The number of rotatable bonds is 1. The van der Waals surface area contributed by atoms with Gasteiger partial charge in [0.15, 0.2) is 0 Å². The molecule has 0 bridgehead atoms. The van der Waals surface area contributed by atoms with Crippen LogP contribution in [0.15, 0.2) is 12.1 Å². The largest absolute Gasteiger partial charge is 0.0561 e. The highest BCUT2D eigenvalue weighted by Gasteiger charge is 2.26. The number of aryl methyl sites for hydroxylation is 2. The highest BCUT2D eigenvalue weighted by Crippen LogP contribution is 2.42. The molecule has 2 rings (SSSR count). The summed E-state index contributed by atoms with van der Waals surface area (Å²) in [4.78, 5) is 0. The summed E-state index contributed by atoms with van der Waals surface area (Å²) in [5.41, 5.74) is 6.33. The molecule has 82 valence electrons. The van der Waals surface area contributed by atoms with E-state index in [0.29, 0.717) is 0 Å². The summed E-state index contributed by atoms with van der Waals surface area (Å²) >= 11 is 0. The Balaban J connectivity index is 2.48. The van der Waals surface area contributed by atoms with Gasteiger partial charge in [-0.25, -0.2) is 0 Å². The average molecular weight is 202 g/mol. The lowest BCUT2D eigenvalue weighted by Gasteiger charge is -2.25. The molecule has 1 aromatic carbocycles. The van der Waals surface area contributed by atoms with Gasteiger partial charge >= 0.3 is 0 Å². The molecule has 0 heteroatoms. The van der Waals surface area contributed by atoms with Gasteiger partial charge in [-0.05, 0) is 60.3 Å². The molecular weight excluding hydrogens is 180 g/mol. The molecular formula is C15H22. The fourth-order valence-electron chi connectivity index (χ4n) is 2.83. The second-order valence-electron chi connectivity index (χ2n) is 6.05. The second-order valence-corrected chi connectivity index (χ2v) is 6.05. The van der Waals surface area contributed by atoms with Gasteiger partial charge in [-0.3, -0.25) is 0 Å². The summed E-state index contributed by atoms with van der Waals surface area (Å²) in [6.07, 6.45) is 2.79. The van der Waals surface area contributed by atoms with Crippen molar-refractivity contribution in [1.29, 1.82) is 0 Å². The molecule has 0 unspecified atom stereocenters. The van der Waals surface area contributed by atoms with Crippen molar-refractivity contribution in [3.8, 4) is 0 Å². The molecule has 1 fully saturated rings. The summed E-state index contributed by atoms with van der Waals surface area (Å²) in [6.45, 7) is 11.4. The smallest absolute Gasteiger partial charge is 0.0127 e. The Kier molecular flexibility index (Phi) is 2.41. The van der Waals surface area contributed by atoms with Crippen molar-refractivity contribution in [3.05, 3.63) is 34.4 Å². The molecule has 0 saturated heterocycles. The summed E-state index contributed by atoms with van der Waals surface area (Å²) in [7, 11) is 0. The van der Waals surface area contributed by atoms with E-state index in [1.165, 1.54) is 29.5 Å². The van der Waals surface area contributed by atoms with Crippen LogP contribution in [0.3, 0.4) is 0 Å². The minimum absolute atomic E-state index is 0.274. The molecule has 0 spiro atoms. The fraction of sp³-hybridized carbons (Fsp3) is 0.600. The Hall–Kier alpha value is -0.780. The summed E-state index contributed by atoms with van der Waals surface area (Å²) in [5.74, 6) is 0.872. The molecule has 1 aromatic rings. The topological polar surface area (TPSA) is 0 Å². The highest BCUT2D eigenvalue weighted by molar-refractivity contribution is 5.43. The van der Waals surface area contributed by atoms with Crippen molar-refractivity contribution in [2.45, 2.75) is 58.8 Å². The van der Waals surface area contributed by atoms with Gasteiger partial charge < -0.3 is 0 Å². The van der Waals surface area contributed by atoms with E-state index in [4.69, 9.17) is 0 Å². The molecule has 1 saturated carbocycles. The lowest BCUT2D eigenvalue weighted by Crippen LogP contribution is -2.15. The fourth-order valence-corrected chi connectivity index (χ4v) is 2.83. The van der Waals surface area contributed by atoms with E-state index in [1.807, 2.05) is 0 Å². The van der Waals surface area contributed by atoms with Crippen LogP contribution in [0.4, 0.5) is 0 Å². The van der Waals surface area contributed by atoms with Gasteiger partial charge in [-0.1, -0.05) is 32.9 Å². The number of benzene rings is 1. The van der Waals surface area contributed by atoms with E-state index in [2.05, 4.69) is 46.8 Å². The maximum atomic E-state index is 2.41. The maximum absolute atomic E-state index is 2.41. The maximum Gasteiger partial charge on any atom is -0.0127 e. The van der Waals surface area contributed by atoms with Crippen LogP contribution in [-0.2, 0) is 5.41 Å². The van der Waals surface area contributed by atoms with E-state index >= 15 is 0 Å². The SMILES string of the molecule is Cc1cc(C2CC2)cc(C)c1C(C)(C)C. The van der Waals surface area contributed by atoms with Crippen molar-refractivity contribution in [3.63, 3.8) is 0 Å². The van der Waals surface area contributed by atoms with Crippen molar-refractivity contribution in [2.24, 2.45) is 0 Å². The number of hydrogen-bond donors (Lipinski definition) is 0. The van der Waals surface area contributed by atoms with Crippen molar-refractivity contribution >= 4 is 0 Å². The van der Waals surface area contributed by atoms with Crippen LogP contribution >= 0.6 is 0 Å². The van der Waals surface area contributed by atoms with Crippen LogP contribution in [0, 0.1) is 13.8 Å². The minimum Gasteiger partial charge on any atom is -0.0561 e. The van der Waals surface area contributed by atoms with Gasteiger partial charge in [0, 0.05) is 0 Å². The van der Waals surface area contributed by atoms with Crippen LogP contribution in [0.25, 0.3) is 0 Å². The molecule has 1 aliphatic carbocycles. The molecule has 0 heterocycles. The standard InChI is InChI=1S/C15H22/c1-10-8-13(12-6-7-12)9-11(2)14(10)15(3,4)5/h8-9,12H,6-7H2,1-5H3. The van der Waals surface area contributed by atoms with Crippen molar-refractivity contribution in [1.82, 2.24) is 0 Å². The number of hydrogen-bond acceptors (Lipinski definition) is 0. The first-order valence-corrected chi connectivity index (χ1v) is 6.01. The first kappa shape index (κ1) is 10.7. The van der Waals surface area contributed by atoms with Crippen molar-refractivity contribution in [2.75, 3.05) is 0 Å². The summed E-state index contributed by atoms with van der Waals surface area (Å²) in [6, 6.07) is 4.82. The van der Waals surface area contributed by atoms with E-state index in [9.17, 15) is 0 Å². The third-order valence-corrected chi connectivity index (χ3v) is 3.35. The predicted octanol–water partition coefficient (Wildman–Crippen LogP) is 4.48.